The summed E-state index contributed by atoms with van der Waals surface area (Å²) in [4.78, 5) is 39.1. The van der Waals surface area contributed by atoms with Crippen LogP contribution in [0.15, 0.2) is 0 Å². The van der Waals surface area contributed by atoms with Crippen molar-refractivity contribution < 1.29 is 19.5 Å². The van der Waals surface area contributed by atoms with Crippen molar-refractivity contribution in [1.82, 2.24) is 14.7 Å². The van der Waals surface area contributed by atoms with Gasteiger partial charge in [0.05, 0.1) is 5.92 Å². The van der Waals surface area contributed by atoms with Gasteiger partial charge in [0.25, 0.3) is 0 Å². The number of nitrogens with zero attached hydrogens (tertiary/aromatic N) is 3. The van der Waals surface area contributed by atoms with E-state index >= 15 is 0 Å². The summed E-state index contributed by atoms with van der Waals surface area (Å²) in [5.74, 6) is -1.66. The first-order chi connectivity index (χ1) is 8.82. The minimum Gasteiger partial charge on any atom is -0.481 e. The Morgan fingerprint density at radius 1 is 1.42 bits per heavy atom. The van der Waals surface area contributed by atoms with Crippen LogP contribution in [-0.4, -0.2) is 78.0 Å². The summed E-state index contributed by atoms with van der Waals surface area (Å²) in [5, 5.41) is 8.83. The molecule has 1 aliphatic heterocycles. The van der Waals surface area contributed by atoms with Gasteiger partial charge in [0.1, 0.15) is 6.54 Å². The molecule has 7 nitrogen and oxygen atoms in total. The standard InChI is InChI=1S/C12H21N3O4/c1-9(11(17)18)7-14(3)12(19)15-6-4-5-13(2)10(16)8-15/h9H,4-8H2,1-3H3,(H,17,18). The lowest BCUT2D eigenvalue weighted by atomic mass is 10.2. The SMILES string of the molecule is CC(CN(C)C(=O)N1CCCN(C)C(=O)C1)C(=O)O. The number of rotatable bonds is 3. The summed E-state index contributed by atoms with van der Waals surface area (Å²) in [7, 11) is 3.27. The molecule has 1 aliphatic rings. The zero-order valence-corrected chi connectivity index (χ0v) is 11.6. The number of carbonyl (C=O) groups is 3. The van der Waals surface area contributed by atoms with Crippen molar-refractivity contribution in [2.45, 2.75) is 13.3 Å². The molecule has 1 fully saturated rings. The van der Waals surface area contributed by atoms with Gasteiger partial charge in [-0.3, -0.25) is 9.59 Å². The van der Waals surface area contributed by atoms with Gasteiger partial charge in [-0.05, 0) is 6.42 Å². The molecule has 1 saturated heterocycles. The van der Waals surface area contributed by atoms with Crippen molar-refractivity contribution in [1.29, 1.82) is 0 Å². The topological polar surface area (TPSA) is 81.2 Å². The van der Waals surface area contributed by atoms with Crippen LogP contribution in [0, 0.1) is 5.92 Å². The van der Waals surface area contributed by atoms with Crippen LogP contribution >= 0.6 is 0 Å². The van der Waals surface area contributed by atoms with Crippen molar-refractivity contribution in [2.24, 2.45) is 5.92 Å². The van der Waals surface area contributed by atoms with Crippen molar-refractivity contribution in [3.8, 4) is 0 Å². The lowest BCUT2D eigenvalue weighted by Gasteiger charge is -2.27. The zero-order valence-electron chi connectivity index (χ0n) is 11.6. The van der Waals surface area contributed by atoms with Crippen molar-refractivity contribution in [3.63, 3.8) is 0 Å². The van der Waals surface area contributed by atoms with E-state index in [4.69, 9.17) is 5.11 Å². The first-order valence-electron chi connectivity index (χ1n) is 6.29. The molecule has 19 heavy (non-hydrogen) atoms. The van der Waals surface area contributed by atoms with Crippen molar-refractivity contribution in [3.05, 3.63) is 0 Å². The van der Waals surface area contributed by atoms with Gasteiger partial charge in [-0.25, -0.2) is 4.79 Å². The Kier molecular flexibility index (Phi) is 5.14. The third-order valence-corrected chi connectivity index (χ3v) is 3.24. The minimum absolute atomic E-state index is 0.0567. The van der Waals surface area contributed by atoms with E-state index in [9.17, 15) is 14.4 Å². The monoisotopic (exact) mass is 271 g/mol. The Labute approximate surface area is 112 Å². The third kappa shape index (κ3) is 4.11. The molecule has 0 bridgehead atoms. The van der Waals surface area contributed by atoms with E-state index in [1.54, 1.807) is 25.9 Å². The average Bonchev–Trinajstić information content (AvgIpc) is 2.51. The highest BCUT2D eigenvalue weighted by Gasteiger charge is 2.26. The van der Waals surface area contributed by atoms with Gasteiger partial charge in [-0.2, -0.15) is 0 Å². The number of hydrogen-bond acceptors (Lipinski definition) is 3. The highest BCUT2D eigenvalue weighted by Crippen LogP contribution is 2.07. The van der Waals surface area contributed by atoms with Gasteiger partial charge in [0, 0.05) is 33.7 Å². The molecule has 0 aromatic rings. The number of carboxylic acids is 1. The molecule has 0 spiro atoms. The fourth-order valence-corrected chi connectivity index (χ4v) is 1.96. The van der Waals surface area contributed by atoms with E-state index in [-0.39, 0.29) is 25.0 Å². The second-order valence-corrected chi connectivity index (χ2v) is 4.99. The van der Waals surface area contributed by atoms with Gasteiger partial charge < -0.3 is 19.8 Å². The van der Waals surface area contributed by atoms with Crippen LogP contribution in [0.1, 0.15) is 13.3 Å². The Balaban J connectivity index is 2.61. The summed E-state index contributed by atoms with van der Waals surface area (Å²) in [6.45, 7) is 2.89. The van der Waals surface area contributed by atoms with Gasteiger partial charge in [-0.1, -0.05) is 6.92 Å². The molecule has 0 radical (unpaired) electrons. The Bertz CT molecular complexity index is 372. The maximum Gasteiger partial charge on any atom is 0.320 e. The molecular weight excluding hydrogens is 250 g/mol. The summed E-state index contributed by atoms with van der Waals surface area (Å²) in [5.41, 5.74) is 0. The lowest BCUT2D eigenvalue weighted by Crippen LogP contribution is -2.46. The number of urea groups is 1. The molecule has 3 amide bonds. The van der Waals surface area contributed by atoms with Crippen LogP contribution in [-0.2, 0) is 9.59 Å². The molecule has 1 atom stereocenters. The van der Waals surface area contributed by atoms with Gasteiger partial charge in [-0.15, -0.1) is 0 Å². The number of carbonyl (C=O) groups excluding carboxylic acids is 2. The largest absolute Gasteiger partial charge is 0.481 e. The normalized spacial score (nSPS) is 17.9. The maximum absolute atomic E-state index is 12.1. The third-order valence-electron chi connectivity index (χ3n) is 3.24. The number of likely N-dealkylation sites (N-methyl/N-ethyl adjacent to an activating group) is 1. The Morgan fingerprint density at radius 3 is 2.63 bits per heavy atom. The van der Waals surface area contributed by atoms with Crippen molar-refractivity contribution in [2.75, 3.05) is 40.3 Å². The first-order valence-corrected chi connectivity index (χ1v) is 6.29. The van der Waals surface area contributed by atoms with Gasteiger partial charge in [0.2, 0.25) is 5.91 Å². The molecule has 0 aromatic carbocycles. The smallest absolute Gasteiger partial charge is 0.320 e. The summed E-state index contributed by atoms with van der Waals surface area (Å²) >= 11 is 0. The fourth-order valence-electron chi connectivity index (χ4n) is 1.96. The van der Waals surface area contributed by atoms with E-state index in [1.165, 1.54) is 9.80 Å². The van der Waals surface area contributed by atoms with Crippen LogP contribution in [0.5, 0.6) is 0 Å². The van der Waals surface area contributed by atoms with Crippen LogP contribution in [0.25, 0.3) is 0 Å². The van der Waals surface area contributed by atoms with Gasteiger partial charge >= 0.3 is 12.0 Å². The molecule has 1 rings (SSSR count). The van der Waals surface area contributed by atoms with E-state index < -0.39 is 11.9 Å². The lowest BCUT2D eigenvalue weighted by molar-refractivity contribution is -0.141. The highest BCUT2D eigenvalue weighted by molar-refractivity contribution is 5.84. The second kappa shape index (κ2) is 6.40. The highest BCUT2D eigenvalue weighted by atomic mass is 16.4. The quantitative estimate of drug-likeness (QED) is 0.778. The number of hydrogen-bond donors (Lipinski definition) is 1. The van der Waals surface area contributed by atoms with Crippen LogP contribution in [0.3, 0.4) is 0 Å². The number of amides is 3. The predicted octanol–water partition coefficient (Wildman–Crippen LogP) is -0.0770. The molecular formula is C12H21N3O4. The number of carboxylic acid groups (broad SMARTS) is 1. The molecule has 0 saturated carbocycles. The summed E-state index contributed by atoms with van der Waals surface area (Å²) in [6, 6.07) is -0.295. The van der Waals surface area contributed by atoms with Crippen LogP contribution < -0.4 is 0 Å². The first kappa shape index (κ1) is 15.3. The summed E-state index contributed by atoms with van der Waals surface area (Å²) in [6.07, 6.45) is 0.732. The fraction of sp³-hybridized carbons (Fsp3) is 0.750. The zero-order chi connectivity index (χ0) is 14.6. The predicted molar refractivity (Wildman–Crippen MR) is 68.7 cm³/mol. The minimum atomic E-state index is -0.939. The molecule has 108 valence electrons. The molecule has 0 aliphatic carbocycles. The Morgan fingerprint density at radius 2 is 2.05 bits per heavy atom. The van der Waals surface area contributed by atoms with E-state index in [1.807, 2.05) is 0 Å². The molecule has 1 N–H and O–H groups in total. The summed E-state index contributed by atoms with van der Waals surface area (Å²) < 4.78 is 0. The molecule has 0 aromatic heterocycles. The van der Waals surface area contributed by atoms with E-state index in [0.717, 1.165) is 6.42 Å². The molecule has 7 heteroatoms. The van der Waals surface area contributed by atoms with Crippen LogP contribution in [0.4, 0.5) is 4.79 Å². The van der Waals surface area contributed by atoms with Gasteiger partial charge in [0.15, 0.2) is 0 Å². The molecule has 1 heterocycles. The Hall–Kier alpha value is -1.79. The second-order valence-electron chi connectivity index (χ2n) is 4.99. The molecule has 1 unspecified atom stereocenters. The van der Waals surface area contributed by atoms with E-state index in [2.05, 4.69) is 0 Å². The van der Waals surface area contributed by atoms with Crippen molar-refractivity contribution >= 4 is 17.9 Å². The van der Waals surface area contributed by atoms with Crippen LogP contribution in [0.2, 0.25) is 0 Å². The van der Waals surface area contributed by atoms with E-state index in [0.29, 0.717) is 13.1 Å². The maximum atomic E-state index is 12.1. The number of aliphatic carboxylic acids is 1. The average molecular weight is 271 g/mol.